The molecule has 0 unspecified atom stereocenters. The van der Waals surface area contributed by atoms with Gasteiger partial charge in [0.05, 0.1) is 12.0 Å². The molecule has 1 saturated heterocycles. The van der Waals surface area contributed by atoms with Gasteiger partial charge in [-0.05, 0) is 26.7 Å². The van der Waals surface area contributed by atoms with E-state index in [1.165, 1.54) is 0 Å². The first-order chi connectivity index (χ1) is 7.50. The van der Waals surface area contributed by atoms with Crippen LogP contribution in [0.4, 0.5) is 0 Å². The molecule has 92 valence electrons. The van der Waals surface area contributed by atoms with Gasteiger partial charge in [0.1, 0.15) is 6.61 Å². The number of carbonyl (C=O) groups excluding carboxylic acids is 1. The molecule has 0 atom stereocenters. The van der Waals surface area contributed by atoms with E-state index in [2.05, 4.69) is 0 Å². The number of aliphatic carboxylic acids is 1. The second kappa shape index (κ2) is 5.84. The van der Waals surface area contributed by atoms with Gasteiger partial charge in [-0.3, -0.25) is 9.59 Å². The number of amides is 1. The van der Waals surface area contributed by atoms with Gasteiger partial charge in [0, 0.05) is 13.1 Å². The average molecular weight is 229 g/mol. The number of carbonyl (C=O) groups is 2. The van der Waals surface area contributed by atoms with E-state index in [-0.39, 0.29) is 24.5 Å². The topological polar surface area (TPSA) is 66.8 Å². The van der Waals surface area contributed by atoms with Crippen molar-refractivity contribution in [1.29, 1.82) is 0 Å². The first-order valence-electron chi connectivity index (χ1n) is 5.63. The van der Waals surface area contributed by atoms with Crippen molar-refractivity contribution in [3.63, 3.8) is 0 Å². The van der Waals surface area contributed by atoms with Crippen LogP contribution in [0.5, 0.6) is 0 Å². The zero-order valence-corrected chi connectivity index (χ0v) is 9.81. The quantitative estimate of drug-likeness (QED) is 0.772. The van der Waals surface area contributed by atoms with E-state index in [1.54, 1.807) is 4.90 Å². The van der Waals surface area contributed by atoms with E-state index in [9.17, 15) is 9.59 Å². The maximum Gasteiger partial charge on any atom is 0.306 e. The lowest BCUT2D eigenvalue weighted by Crippen LogP contribution is -2.42. The van der Waals surface area contributed by atoms with Gasteiger partial charge in [0.2, 0.25) is 5.91 Å². The van der Waals surface area contributed by atoms with Crippen LogP contribution in [0.15, 0.2) is 0 Å². The predicted molar refractivity (Wildman–Crippen MR) is 58.0 cm³/mol. The van der Waals surface area contributed by atoms with Crippen LogP contribution in [0, 0.1) is 5.92 Å². The Balaban J connectivity index is 2.30. The lowest BCUT2D eigenvalue weighted by Gasteiger charge is -2.30. The van der Waals surface area contributed by atoms with E-state index in [0.717, 1.165) is 0 Å². The minimum absolute atomic E-state index is 0.0421. The molecular formula is C11H19NO4. The zero-order chi connectivity index (χ0) is 12.1. The second-order valence-electron chi connectivity index (χ2n) is 4.35. The Morgan fingerprint density at radius 1 is 1.38 bits per heavy atom. The van der Waals surface area contributed by atoms with Crippen LogP contribution >= 0.6 is 0 Å². The molecule has 0 aromatic rings. The van der Waals surface area contributed by atoms with E-state index in [1.807, 2.05) is 13.8 Å². The molecule has 5 heteroatoms. The number of hydrogen-bond acceptors (Lipinski definition) is 3. The predicted octanol–water partition coefficient (Wildman–Crippen LogP) is 0.735. The Kier molecular flexibility index (Phi) is 4.73. The summed E-state index contributed by atoms with van der Waals surface area (Å²) >= 11 is 0. The first kappa shape index (κ1) is 13.0. The molecule has 1 aliphatic heterocycles. The molecule has 1 N–H and O–H groups in total. The Hall–Kier alpha value is -1.10. The highest BCUT2D eigenvalue weighted by molar-refractivity contribution is 5.78. The largest absolute Gasteiger partial charge is 0.481 e. The summed E-state index contributed by atoms with van der Waals surface area (Å²) in [5.41, 5.74) is 0. The highest BCUT2D eigenvalue weighted by Gasteiger charge is 2.26. The van der Waals surface area contributed by atoms with E-state index in [0.29, 0.717) is 25.9 Å². The number of ether oxygens (including phenoxy) is 1. The molecule has 0 aromatic heterocycles. The first-order valence-corrected chi connectivity index (χ1v) is 5.63. The van der Waals surface area contributed by atoms with Gasteiger partial charge >= 0.3 is 5.97 Å². The minimum Gasteiger partial charge on any atom is -0.481 e. The number of rotatable bonds is 4. The summed E-state index contributed by atoms with van der Waals surface area (Å²) < 4.78 is 5.22. The van der Waals surface area contributed by atoms with Gasteiger partial charge in [0.25, 0.3) is 0 Å². The van der Waals surface area contributed by atoms with Crippen molar-refractivity contribution in [1.82, 2.24) is 4.90 Å². The third-order valence-corrected chi connectivity index (χ3v) is 2.74. The number of piperidine rings is 1. The van der Waals surface area contributed by atoms with Crippen molar-refractivity contribution >= 4 is 11.9 Å². The van der Waals surface area contributed by atoms with Gasteiger partial charge in [-0.1, -0.05) is 0 Å². The second-order valence-corrected chi connectivity index (χ2v) is 4.35. The number of carboxylic acids is 1. The van der Waals surface area contributed by atoms with Gasteiger partial charge in [-0.2, -0.15) is 0 Å². The monoisotopic (exact) mass is 229 g/mol. The molecule has 1 fully saturated rings. The molecule has 1 heterocycles. The summed E-state index contributed by atoms with van der Waals surface area (Å²) in [6.07, 6.45) is 1.13. The van der Waals surface area contributed by atoms with Crippen molar-refractivity contribution in [2.75, 3.05) is 19.7 Å². The lowest BCUT2D eigenvalue weighted by molar-refractivity contribution is -0.147. The summed E-state index contributed by atoms with van der Waals surface area (Å²) in [5, 5.41) is 8.81. The fourth-order valence-electron chi connectivity index (χ4n) is 1.71. The van der Waals surface area contributed by atoms with Crippen LogP contribution in [-0.4, -0.2) is 47.7 Å². The van der Waals surface area contributed by atoms with E-state index in [4.69, 9.17) is 9.84 Å². The Labute approximate surface area is 95.4 Å². The summed E-state index contributed by atoms with van der Waals surface area (Å²) in [4.78, 5) is 24.0. The third-order valence-electron chi connectivity index (χ3n) is 2.74. The molecule has 0 spiro atoms. The maximum atomic E-state index is 11.6. The Bertz CT molecular complexity index is 257. The average Bonchev–Trinajstić information content (AvgIpc) is 2.26. The zero-order valence-electron chi connectivity index (χ0n) is 9.81. The molecular weight excluding hydrogens is 210 g/mol. The SMILES string of the molecule is CC(C)OCC(=O)N1CCC(C(=O)O)CC1. The number of nitrogens with zero attached hydrogens (tertiary/aromatic N) is 1. The molecule has 16 heavy (non-hydrogen) atoms. The fourth-order valence-corrected chi connectivity index (χ4v) is 1.71. The van der Waals surface area contributed by atoms with Crippen molar-refractivity contribution in [3.8, 4) is 0 Å². The maximum absolute atomic E-state index is 11.6. The summed E-state index contributed by atoms with van der Waals surface area (Å²) in [6.45, 7) is 4.90. The van der Waals surface area contributed by atoms with Gasteiger partial charge in [-0.15, -0.1) is 0 Å². The Morgan fingerprint density at radius 2 is 1.94 bits per heavy atom. The molecule has 0 radical (unpaired) electrons. The highest BCUT2D eigenvalue weighted by atomic mass is 16.5. The molecule has 1 amide bonds. The van der Waals surface area contributed by atoms with Gasteiger partial charge in [0.15, 0.2) is 0 Å². The number of likely N-dealkylation sites (tertiary alicyclic amines) is 1. The summed E-state index contributed by atoms with van der Waals surface area (Å²) in [6, 6.07) is 0. The third kappa shape index (κ3) is 3.81. The normalized spacial score (nSPS) is 17.8. The Morgan fingerprint density at radius 3 is 2.38 bits per heavy atom. The van der Waals surface area contributed by atoms with Crippen LogP contribution in [0.3, 0.4) is 0 Å². The van der Waals surface area contributed by atoms with Gasteiger partial charge < -0.3 is 14.7 Å². The molecule has 0 bridgehead atoms. The smallest absolute Gasteiger partial charge is 0.306 e. The number of hydrogen-bond donors (Lipinski definition) is 1. The molecule has 1 rings (SSSR count). The van der Waals surface area contributed by atoms with E-state index >= 15 is 0 Å². The van der Waals surface area contributed by atoms with Crippen molar-refractivity contribution in [2.24, 2.45) is 5.92 Å². The molecule has 0 aliphatic carbocycles. The van der Waals surface area contributed by atoms with Crippen molar-refractivity contribution in [3.05, 3.63) is 0 Å². The fraction of sp³-hybridized carbons (Fsp3) is 0.818. The molecule has 5 nitrogen and oxygen atoms in total. The van der Waals surface area contributed by atoms with Crippen LogP contribution in [0.1, 0.15) is 26.7 Å². The van der Waals surface area contributed by atoms with E-state index < -0.39 is 5.97 Å². The minimum atomic E-state index is -0.759. The summed E-state index contributed by atoms with van der Waals surface area (Å²) in [7, 11) is 0. The molecule has 1 aliphatic rings. The highest BCUT2D eigenvalue weighted by Crippen LogP contribution is 2.17. The van der Waals surface area contributed by atoms with Crippen LogP contribution < -0.4 is 0 Å². The summed E-state index contributed by atoms with van der Waals surface area (Å²) in [5.74, 6) is -1.10. The van der Waals surface area contributed by atoms with Crippen LogP contribution in [0.25, 0.3) is 0 Å². The standard InChI is InChI=1S/C11H19NO4/c1-8(2)16-7-10(13)12-5-3-9(4-6-12)11(14)15/h8-9H,3-7H2,1-2H3,(H,14,15). The van der Waals surface area contributed by atoms with Gasteiger partial charge in [-0.25, -0.2) is 0 Å². The van der Waals surface area contributed by atoms with Crippen molar-refractivity contribution < 1.29 is 19.4 Å². The van der Waals surface area contributed by atoms with Crippen LogP contribution in [0.2, 0.25) is 0 Å². The lowest BCUT2D eigenvalue weighted by atomic mass is 9.97. The number of carboxylic acid groups (broad SMARTS) is 1. The molecule has 0 saturated carbocycles. The molecule has 0 aromatic carbocycles. The van der Waals surface area contributed by atoms with Crippen LogP contribution in [-0.2, 0) is 14.3 Å². The van der Waals surface area contributed by atoms with Crippen molar-refractivity contribution in [2.45, 2.75) is 32.8 Å².